The summed E-state index contributed by atoms with van der Waals surface area (Å²) in [4.78, 5) is 28.3. The van der Waals surface area contributed by atoms with Gasteiger partial charge in [0.25, 0.3) is 0 Å². The second kappa shape index (κ2) is 5.87. The molecule has 0 bridgehead atoms. The maximum Gasteiger partial charge on any atom is 0.227 e. The number of hydrogen-bond acceptors (Lipinski definition) is 3. The SMILES string of the molecule is CN(Cc1cn[nH]c1)C(=O)C1CCCN(C(=O)C2CC2)C1. The van der Waals surface area contributed by atoms with Gasteiger partial charge in [0.2, 0.25) is 11.8 Å². The molecule has 21 heavy (non-hydrogen) atoms. The third-order valence-electron chi connectivity index (χ3n) is 4.36. The van der Waals surface area contributed by atoms with Crippen LogP contribution >= 0.6 is 0 Å². The van der Waals surface area contributed by atoms with E-state index in [1.807, 2.05) is 11.9 Å². The average molecular weight is 290 g/mol. The maximum absolute atomic E-state index is 12.5. The summed E-state index contributed by atoms with van der Waals surface area (Å²) >= 11 is 0. The molecule has 1 saturated carbocycles. The zero-order chi connectivity index (χ0) is 14.8. The van der Waals surface area contributed by atoms with Crippen molar-refractivity contribution in [2.45, 2.75) is 32.2 Å². The highest BCUT2D eigenvalue weighted by molar-refractivity contribution is 5.83. The summed E-state index contributed by atoms with van der Waals surface area (Å²) in [6.07, 6.45) is 7.38. The molecule has 3 rings (SSSR count). The van der Waals surface area contributed by atoms with E-state index in [-0.39, 0.29) is 23.7 Å². The minimum Gasteiger partial charge on any atom is -0.342 e. The van der Waals surface area contributed by atoms with Crippen LogP contribution in [0.25, 0.3) is 0 Å². The number of hydrogen-bond donors (Lipinski definition) is 1. The van der Waals surface area contributed by atoms with Crippen LogP contribution in [-0.2, 0) is 16.1 Å². The second-order valence-corrected chi connectivity index (χ2v) is 6.20. The van der Waals surface area contributed by atoms with Gasteiger partial charge >= 0.3 is 0 Å². The van der Waals surface area contributed by atoms with E-state index in [0.717, 1.165) is 37.8 Å². The van der Waals surface area contributed by atoms with Gasteiger partial charge in [-0.05, 0) is 25.7 Å². The topological polar surface area (TPSA) is 69.3 Å². The summed E-state index contributed by atoms with van der Waals surface area (Å²) in [7, 11) is 1.82. The Kier molecular flexibility index (Phi) is 3.94. The van der Waals surface area contributed by atoms with Crippen molar-refractivity contribution in [3.8, 4) is 0 Å². The minimum absolute atomic E-state index is 0.0571. The lowest BCUT2D eigenvalue weighted by atomic mass is 9.96. The van der Waals surface area contributed by atoms with Gasteiger partial charge in [0.15, 0.2) is 0 Å². The third-order valence-corrected chi connectivity index (χ3v) is 4.36. The Labute approximate surface area is 124 Å². The van der Waals surface area contributed by atoms with Crippen molar-refractivity contribution in [2.75, 3.05) is 20.1 Å². The minimum atomic E-state index is -0.0571. The molecular weight excluding hydrogens is 268 g/mol. The number of H-pyrrole nitrogens is 1. The van der Waals surface area contributed by atoms with Crippen molar-refractivity contribution in [3.63, 3.8) is 0 Å². The zero-order valence-corrected chi connectivity index (χ0v) is 12.4. The fourth-order valence-electron chi connectivity index (χ4n) is 2.99. The number of piperidine rings is 1. The molecule has 6 nitrogen and oxygen atoms in total. The van der Waals surface area contributed by atoms with Crippen molar-refractivity contribution < 1.29 is 9.59 Å². The molecule has 2 fully saturated rings. The van der Waals surface area contributed by atoms with E-state index in [9.17, 15) is 9.59 Å². The van der Waals surface area contributed by atoms with Crippen LogP contribution in [0.15, 0.2) is 12.4 Å². The number of aromatic nitrogens is 2. The quantitative estimate of drug-likeness (QED) is 0.900. The highest BCUT2D eigenvalue weighted by Crippen LogP contribution is 2.32. The van der Waals surface area contributed by atoms with E-state index in [1.54, 1.807) is 17.3 Å². The van der Waals surface area contributed by atoms with Gasteiger partial charge in [0, 0.05) is 44.4 Å². The fourth-order valence-corrected chi connectivity index (χ4v) is 2.99. The monoisotopic (exact) mass is 290 g/mol. The number of likely N-dealkylation sites (tertiary alicyclic amines) is 1. The van der Waals surface area contributed by atoms with E-state index in [1.165, 1.54) is 0 Å². The van der Waals surface area contributed by atoms with Gasteiger partial charge in [-0.1, -0.05) is 0 Å². The fraction of sp³-hybridized carbons (Fsp3) is 0.667. The van der Waals surface area contributed by atoms with Gasteiger partial charge in [-0.25, -0.2) is 0 Å². The molecule has 1 aliphatic carbocycles. The number of aromatic amines is 1. The molecule has 2 amide bonds. The maximum atomic E-state index is 12.5. The summed E-state index contributed by atoms with van der Waals surface area (Å²) in [5, 5.41) is 6.65. The summed E-state index contributed by atoms with van der Waals surface area (Å²) in [5.74, 6) is 0.565. The smallest absolute Gasteiger partial charge is 0.227 e. The van der Waals surface area contributed by atoms with Crippen LogP contribution in [0.1, 0.15) is 31.2 Å². The molecule has 1 aliphatic heterocycles. The van der Waals surface area contributed by atoms with Crippen molar-refractivity contribution in [1.82, 2.24) is 20.0 Å². The van der Waals surface area contributed by atoms with Crippen LogP contribution < -0.4 is 0 Å². The van der Waals surface area contributed by atoms with Crippen molar-refractivity contribution in [3.05, 3.63) is 18.0 Å². The third kappa shape index (κ3) is 3.25. The van der Waals surface area contributed by atoms with Crippen LogP contribution in [0.2, 0.25) is 0 Å². The molecule has 0 aromatic carbocycles. The van der Waals surface area contributed by atoms with Crippen molar-refractivity contribution in [2.24, 2.45) is 11.8 Å². The number of carbonyl (C=O) groups is 2. The van der Waals surface area contributed by atoms with Gasteiger partial charge in [-0.15, -0.1) is 0 Å². The number of nitrogens with zero attached hydrogens (tertiary/aromatic N) is 3. The lowest BCUT2D eigenvalue weighted by molar-refractivity contribution is -0.141. The van der Waals surface area contributed by atoms with Crippen molar-refractivity contribution >= 4 is 11.8 Å². The first-order chi connectivity index (χ1) is 10.1. The molecular formula is C15H22N4O2. The van der Waals surface area contributed by atoms with E-state index >= 15 is 0 Å². The van der Waals surface area contributed by atoms with E-state index < -0.39 is 0 Å². The Morgan fingerprint density at radius 3 is 2.86 bits per heavy atom. The molecule has 2 heterocycles. The van der Waals surface area contributed by atoms with Crippen LogP contribution in [0.3, 0.4) is 0 Å². The zero-order valence-electron chi connectivity index (χ0n) is 12.4. The Hall–Kier alpha value is -1.85. The molecule has 1 unspecified atom stereocenters. The molecule has 2 aliphatic rings. The molecule has 1 N–H and O–H groups in total. The molecule has 0 spiro atoms. The number of rotatable bonds is 4. The Balaban J connectivity index is 1.57. The summed E-state index contributed by atoms with van der Waals surface area (Å²) in [6.45, 7) is 1.96. The number of nitrogens with one attached hydrogen (secondary N) is 1. The Morgan fingerprint density at radius 1 is 1.38 bits per heavy atom. The summed E-state index contributed by atoms with van der Waals surface area (Å²) in [5.41, 5.74) is 0.993. The van der Waals surface area contributed by atoms with Crippen LogP contribution in [0.5, 0.6) is 0 Å². The highest BCUT2D eigenvalue weighted by atomic mass is 16.2. The first-order valence-corrected chi connectivity index (χ1v) is 7.66. The predicted molar refractivity (Wildman–Crippen MR) is 77.1 cm³/mol. The first-order valence-electron chi connectivity index (χ1n) is 7.66. The summed E-state index contributed by atoms with van der Waals surface area (Å²) in [6, 6.07) is 0. The average Bonchev–Trinajstić information content (AvgIpc) is 3.24. The van der Waals surface area contributed by atoms with Crippen LogP contribution in [0, 0.1) is 11.8 Å². The molecule has 1 aromatic rings. The lowest BCUT2D eigenvalue weighted by Crippen LogP contribution is -2.46. The van der Waals surface area contributed by atoms with E-state index in [2.05, 4.69) is 10.2 Å². The normalized spacial score (nSPS) is 22.1. The summed E-state index contributed by atoms with van der Waals surface area (Å²) < 4.78 is 0. The molecule has 114 valence electrons. The second-order valence-electron chi connectivity index (χ2n) is 6.20. The lowest BCUT2D eigenvalue weighted by Gasteiger charge is -2.34. The van der Waals surface area contributed by atoms with Gasteiger partial charge in [0.05, 0.1) is 12.1 Å². The highest BCUT2D eigenvalue weighted by Gasteiger charge is 2.37. The van der Waals surface area contributed by atoms with E-state index in [0.29, 0.717) is 13.1 Å². The Morgan fingerprint density at radius 2 is 2.19 bits per heavy atom. The first kappa shape index (κ1) is 14.1. The molecule has 1 saturated heterocycles. The van der Waals surface area contributed by atoms with Crippen LogP contribution in [-0.4, -0.2) is 51.9 Å². The van der Waals surface area contributed by atoms with Gasteiger partial charge < -0.3 is 9.80 Å². The van der Waals surface area contributed by atoms with Crippen molar-refractivity contribution in [1.29, 1.82) is 0 Å². The Bertz CT molecular complexity index is 510. The van der Waals surface area contributed by atoms with Crippen LogP contribution in [0.4, 0.5) is 0 Å². The standard InChI is InChI=1S/C15H22N4O2/c1-18(9-11-7-16-17-8-11)14(20)13-3-2-6-19(10-13)15(21)12-4-5-12/h7-8,12-13H,2-6,9-10H2,1H3,(H,16,17). The largest absolute Gasteiger partial charge is 0.342 e. The van der Waals surface area contributed by atoms with Gasteiger partial charge in [0.1, 0.15) is 0 Å². The molecule has 6 heteroatoms. The molecule has 1 aromatic heterocycles. The number of amides is 2. The molecule has 0 radical (unpaired) electrons. The van der Waals surface area contributed by atoms with Gasteiger partial charge in [-0.3, -0.25) is 14.7 Å². The molecule has 1 atom stereocenters. The van der Waals surface area contributed by atoms with Gasteiger partial charge in [-0.2, -0.15) is 5.10 Å². The number of carbonyl (C=O) groups excluding carboxylic acids is 2. The van der Waals surface area contributed by atoms with E-state index in [4.69, 9.17) is 0 Å². The predicted octanol–water partition coefficient (Wildman–Crippen LogP) is 1.02.